The van der Waals surface area contributed by atoms with Gasteiger partial charge in [0.05, 0.1) is 11.6 Å². The zero-order valence-electron chi connectivity index (χ0n) is 13.0. The number of rotatable bonds is 4. The van der Waals surface area contributed by atoms with Gasteiger partial charge in [-0.3, -0.25) is 4.79 Å². The van der Waals surface area contributed by atoms with E-state index < -0.39 is 0 Å². The zero-order chi connectivity index (χ0) is 16.8. The van der Waals surface area contributed by atoms with Gasteiger partial charge >= 0.3 is 0 Å². The highest BCUT2D eigenvalue weighted by molar-refractivity contribution is 6.10. The minimum Gasteiger partial charge on any atom is -0.289 e. The summed E-state index contributed by atoms with van der Waals surface area (Å²) in [7, 11) is 0. The molecule has 0 fully saturated rings. The smallest absolute Gasteiger partial charge is 0.186 e. The Labute approximate surface area is 141 Å². The van der Waals surface area contributed by atoms with Gasteiger partial charge in [-0.25, -0.2) is 0 Å². The molecule has 0 aliphatic rings. The van der Waals surface area contributed by atoms with Gasteiger partial charge in [0.15, 0.2) is 5.78 Å². The van der Waals surface area contributed by atoms with E-state index >= 15 is 0 Å². The quantitative estimate of drug-likeness (QED) is 0.509. The van der Waals surface area contributed by atoms with E-state index in [2.05, 4.69) is 6.07 Å². The fourth-order valence-electron chi connectivity index (χ4n) is 2.57. The first kappa shape index (κ1) is 15.5. The second kappa shape index (κ2) is 7.21. The van der Waals surface area contributed by atoms with Gasteiger partial charge in [-0.05, 0) is 23.3 Å². The fraction of sp³-hybridized carbons (Fsp3) is 0. The predicted molar refractivity (Wildman–Crippen MR) is 95.5 cm³/mol. The number of hydrogen-bond acceptors (Lipinski definition) is 2. The number of nitriles is 1. The molecule has 0 aromatic heterocycles. The second-order valence-electron chi connectivity index (χ2n) is 5.31. The average Bonchev–Trinajstić information content (AvgIpc) is 2.67. The molecule has 0 saturated heterocycles. The van der Waals surface area contributed by atoms with E-state index in [1.54, 1.807) is 24.3 Å². The lowest BCUT2D eigenvalue weighted by molar-refractivity contribution is 0.104. The number of allylic oxidation sites excluding steroid dienone is 1. The van der Waals surface area contributed by atoms with E-state index in [1.165, 1.54) is 0 Å². The van der Waals surface area contributed by atoms with Crippen LogP contribution >= 0.6 is 0 Å². The minimum absolute atomic E-state index is 0.0813. The van der Waals surface area contributed by atoms with Crippen LogP contribution in [0.3, 0.4) is 0 Å². The summed E-state index contributed by atoms with van der Waals surface area (Å²) >= 11 is 0. The number of nitrogens with zero attached hydrogens (tertiary/aromatic N) is 1. The van der Waals surface area contributed by atoms with Crippen molar-refractivity contribution in [3.8, 4) is 6.07 Å². The van der Waals surface area contributed by atoms with Crippen molar-refractivity contribution in [2.45, 2.75) is 0 Å². The maximum atomic E-state index is 12.6. The van der Waals surface area contributed by atoms with Crippen LogP contribution in [0.2, 0.25) is 0 Å². The van der Waals surface area contributed by atoms with Crippen LogP contribution in [-0.2, 0) is 0 Å². The maximum Gasteiger partial charge on any atom is 0.186 e. The van der Waals surface area contributed by atoms with Gasteiger partial charge in [0, 0.05) is 11.1 Å². The van der Waals surface area contributed by atoms with E-state index in [0.717, 1.165) is 16.7 Å². The van der Waals surface area contributed by atoms with Crippen molar-refractivity contribution in [2.24, 2.45) is 0 Å². The van der Waals surface area contributed by atoms with Gasteiger partial charge in [-0.2, -0.15) is 5.26 Å². The van der Waals surface area contributed by atoms with Crippen molar-refractivity contribution in [3.63, 3.8) is 0 Å². The molecule has 2 nitrogen and oxygen atoms in total. The van der Waals surface area contributed by atoms with E-state index in [9.17, 15) is 10.1 Å². The van der Waals surface area contributed by atoms with Gasteiger partial charge in [0.2, 0.25) is 0 Å². The molecule has 24 heavy (non-hydrogen) atoms. The highest BCUT2D eigenvalue weighted by atomic mass is 16.1. The molecule has 0 aliphatic carbocycles. The molecule has 3 aromatic rings. The third-order valence-corrected chi connectivity index (χ3v) is 3.76. The summed E-state index contributed by atoms with van der Waals surface area (Å²) in [6, 6.07) is 28.3. The molecule has 0 heterocycles. The SMILES string of the molecule is N#Cc1ccccc1/C(=C/C(=O)c1ccccc1)c1ccccc1. The van der Waals surface area contributed by atoms with E-state index in [1.807, 2.05) is 66.7 Å². The molecule has 3 rings (SSSR count). The lowest BCUT2D eigenvalue weighted by Crippen LogP contribution is -1.99. The number of carbonyl (C=O) groups excluding carboxylic acids is 1. The Morgan fingerprint density at radius 2 is 1.29 bits per heavy atom. The molecular formula is C22H15NO. The molecule has 0 N–H and O–H groups in total. The van der Waals surface area contributed by atoms with Crippen molar-refractivity contribution in [1.82, 2.24) is 0 Å². The number of benzene rings is 3. The Kier molecular flexibility index (Phi) is 4.65. The van der Waals surface area contributed by atoms with Crippen LogP contribution in [-0.4, -0.2) is 5.78 Å². The van der Waals surface area contributed by atoms with Crippen molar-refractivity contribution in [2.75, 3.05) is 0 Å². The molecular weight excluding hydrogens is 294 g/mol. The van der Waals surface area contributed by atoms with Gasteiger partial charge in [-0.15, -0.1) is 0 Å². The summed E-state index contributed by atoms with van der Waals surface area (Å²) in [5, 5.41) is 9.40. The van der Waals surface area contributed by atoms with Crippen LogP contribution in [0, 0.1) is 11.3 Å². The largest absolute Gasteiger partial charge is 0.289 e. The highest BCUT2D eigenvalue weighted by Gasteiger charge is 2.12. The molecule has 0 saturated carbocycles. The molecule has 3 aromatic carbocycles. The monoisotopic (exact) mass is 309 g/mol. The first-order valence-electron chi connectivity index (χ1n) is 7.65. The summed E-state index contributed by atoms with van der Waals surface area (Å²) in [4.78, 5) is 12.6. The highest BCUT2D eigenvalue weighted by Crippen LogP contribution is 2.26. The standard InChI is InChI=1S/C22H15NO/c23-16-19-13-7-8-14-20(19)21(17-9-3-1-4-10-17)15-22(24)18-11-5-2-6-12-18/h1-15H/b21-15+. The van der Waals surface area contributed by atoms with Crippen molar-refractivity contribution in [3.05, 3.63) is 113 Å². The Morgan fingerprint density at radius 3 is 1.92 bits per heavy atom. The van der Waals surface area contributed by atoms with Crippen LogP contribution in [0.25, 0.3) is 5.57 Å². The minimum atomic E-state index is -0.0813. The average molecular weight is 309 g/mol. The first-order chi connectivity index (χ1) is 11.8. The van der Waals surface area contributed by atoms with Crippen LogP contribution < -0.4 is 0 Å². The second-order valence-corrected chi connectivity index (χ2v) is 5.31. The van der Waals surface area contributed by atoms with Crippen LogP contribution in [0.5, 0.6) is 0 Å². The molecule has 0 atom stereocenters. The summed E-state index contributed by atoms with van der Waals surface area (Å²) in [6.45, 7) is 0. The van der Waals surface area contributed by atoms with Crippen molar-refractivity contribution < 1.29 is 4.79 Å². The van der Waals surface area contributed by atoms with E-state index in [4.69, 9.17) is 0 Å². The third kappa shape index (κ3) is 3.31. The molecule has 0 bridgehead atoms. The molecule has 0 unspecified atom stereocenters. The normalized spacial score (nSPS) is 10.9. The Morgan fingerprint density at radius 1 is 0.750 bits per heavy atom. The fourth-order valence-corrected chi connectivity index (χ4v) is 2.57. The van der Waals surface area contributed by atoms with E-state index in [0.29, 0.717) is 11.1 Å². The third-order valence-electron chi connectivity index (χ3n) is 3.76. The van der Waals surface area contributed by atoms with Gasteiger partial charge in [0.25, 0.3) is 0 Å². The number of hydrogen-bond donors (Lipinski definition) is 0. The Balaban J connectivity index is 2.15. The lowest BCUT2D eigenvalue weighted by Gasteiger charge is -2.10. The molecule has 0 spiro atoms. The van der Waals surface area contributed by atoms with Crippen LogP contribution in [0.1, 0.15) is 27.0 Å². The Hall–Kier alpha value is -3.44. The number of carbonyl (C=O) groups is 1. The van der Waals surface area contributed by atoms with Gasteiger partial charge in [-0.1, -0.05) is 78.9 Å². The summed E-state index contributed by atoms with van der Waals surface area (Å²) < 4.78 is 0. The molecule has 2 heteroatoms. The van der Waals surface area contributed by atoms with Gasteiger partial charge < -0.3 is 0 Å². The number of ketones is 1. The Bertz CT molecular complexity index is 919. The summed E-state index contributed by atoms with van der Waals surface area (Å²) in [5.41, 5.74) is 3.59. The van der Waals surface area contributed by atoms with Crippen LogP contribution in [0.15, 0.2) is 91.0 Å². The van der Waals surface area contributed by atoms with Gasteiger partial charge in [0.1, 0.15) is 0 Å². The molecule has 0 amide bonds. The van der Waals surface area contributed by atoms with Crippen molar-refractivity contribution in [1.29, 1.82) is 5.26 Å². The summed E-state index contributed by atoms with van der Waals surface area (Å²) in [5.74, 6) is -0.0813. The zero-order valence-corrected chi connectivity index (χ0v) is 13.0. The van der Waals surface area contributed by atoms with Crippen molar-refractivity contribution >= 4 is 11.4 Å². The predicted octanol–water partition coefficient (Wildman–Crippen LogP) is 4.87. The molecule has 114 valence electrons. The molecule has 0 radical (unpaired) electrons. The van der Waals surface area contributed by atoms with Crippen LogP contribution in [0.4, 0.5) is 0 Å². The summed E-state index contributed by atoms with van der Waals surface area (Å²) in [6.07, 6.45) is 1.61. The maximum absolute atomic E-state index is 12.6. The first-order valence-corrected chi connectivity index (χ1v) is 7.65. The lowest BCUT2D eigenvalue weighted by atomic mass is 9.92. The molecule has 0 aliphatic heterocycles. The topological polar surface area (TPSA) is 40.9 Å². The van der Waals surface area contributed by atoms with E-state index in [-0.39, 0.29) is 5.78 Å².